The van der Waals surface area contributed by atoms with Gasteiger partial charge < -0.3 is 10.6 Å². The van der Waals surface area contributed by atoms with Crippen molar-refractivity contribution in [3.63, 3.8) is 0 Å². The van der Waals surface area contributed by atoms with E-state index in [0.717, 1.165) is 23.0 Å². The second kappa shape index (κ2) is 9.03. The summed E-state index contributed by atoms with van der Waals surface area (Å²) < 4.78 is 0. The quantitative estimate of drug-likeness (QED) is 0.745. The summed E-state index contributed by atoms with van der Waals surface area (Å²) >= 11 is 7.17. The van der Waals surface area contributed by atoms with Crippen molar-refractivity contribution < 1.29 is 14.4 Å². The zero-order valence-electron chi connectivity index (χ0n) is 15.1. The number of nitrogens with zero attached hydrogens (tertiary/aromatic N) is 1. The van der Waals surface area contributed by atoms with Crippen molar-refractivity contribution in [1.82, 2.24) is 0 Å². The largest absolute Gasteiger partial charge is 0.325 e. The Balaban J connectivity index is 1.52. The number of rotatable bonds is 6. The van der Waals surface area contributed by atoms with Crippen molar-refractivity contribution >= 4 is 57.5 Å². The number of hydrogen-bond acceptors (Lipinski definition) is 4. The van der Waals surface area contributed by atoms with Gasteiger partial charge >= 0.3 is 0 Å². The Morgan fingerprint density at radius 3 is 2.39 bits per heavy atom. The highest BCUT2D eigenvalue weighted by molar-refractivity contribution is 8.15. The van der Waals surface area contributed by atoms with Crippen LogP contribution in [0.25, 0.3) is 0 Å². The molecule has 0 fully saturated rings. The second-order valence-electron chi connectivity index (χ2n) is 6.22. The van der Waals surface area contributed by atoms with Gasteiger partial charge in [0, 0.05) is 12.1 Å². The third-order valence-corrected chi connectivity index (χ3v) is 5.53. The minimum absolute atomic E-state index is 0.00657. The van der Waals surface area contributed by atoms with Crippen LogP contribution in [-0.2, 0) is 14.4 Å². The smallest absolute Gasteiger partial charge is 0.260 e. The summed E-state index contributed by atoms with van der Waals surface area (Å²) in [5.41, 5.74) is 2.16. The monoisotopic (exact) mass is 415 g/mol. The zero-order valence-corrected chi connectivity index (χ0v) is 16.6. The molecule has 8 heteroatoms. The van der Waals surface area contributed by atoms with Crippen LogP contribution < -0.4 is 10.6 Å². The molecule has 0 aliphatic carbocycles. The fourth-order valence-corrected chi connectivity index (χ4v) is 3.88. The molecule has 0 aromatic heterocycles. The van der Waals surface area contributed by atoms with Crippen LogP contribution in [0, 0.1) is 6.92 Å². The molecule has 1 aliphatic heterocycles. The Morgan fingerprint density at radius 1 is 1.04 bits per heavy atom. The lowest BCUT2D eigenvalue weighted by Gasteiger charge is -2.10. The Morgan fingerprint density at radius 2 is 1.68 bits per heavy atom. The van der Waals surface area contributed by atoms with Gasteiger partial charge in [-0.2, -0.15) is 0 Å². The molecule has 1 aliphatic rings. The lowest BCUT2D eigenvalue weighted by Crippen LogP contribution is -2.21. The number of nitrogens with one attached hydrogen (secondary N) is 2. The highest BCUT2D eigenvalue weighted by Gasteiger charge is 2.31. The molecule has 3 rings (SSSR count). The van der Waals surface area contributed by atoms with Gasteiger partial charge in [-0.3, -0.25) is 14.4 Å². The molecule has 2 aromatic rings. The summed E-state index contributed by atoms with van der Waals surface area (Å²) in [4.78, 5) is 40.4. The fraction of sp³-hybridized carbons (Fsp3) is 0.200. The maximum Gasteiger partial charge on any atom is 0.260 e. The molecule has 6 nitrogen and oxygen atoms in total. The molecule has 1 atom stereocenters. The van der Waals surface area contributed by atoms with Gasteiger partial charge in [-0.15, -0.1) is 0 Å². The van der Waals surface area contributed by atoms with Gasteiger partial charge in [-0.1, -0.05) is 53.7 Å². The van der Waals surface area contributed by atoms with Crippen LogP contribution in [0.5, 0.6) is 0 Å². The number of benzene rings is 2. The molecule has 0 spiro atoms. The van der Waals surface area contributed by atoms with Gasteiger partial charge in [0.2, 0.25) is 11.8 Å². The molecule has 0 radical (unpaired) electrons. The molecular weight excluding hydrogens is 398 g/mol. The van der Waals surface area contributed by atoms with E-state index < -0.39 is 11.2 Å². The first-order valence-corrected chi connectivity index (χ1v) is 9.86. The lowest BCUT2D eigenvalue weighted by molar-refractivity contribution is -0.121. The van der Waals surface area contributed by atoms with E-state index in [1.165, 1.54) is 0 Å². The van der Waals surface area contributed by atoms with E-state index >= 15 is 0 Å². The number of para-hydroxylation sites is 2. The Bertz CT molecular complexity index is 961. The van der Waals surface area contributed by atoms with Gasteiger partial charge in [0.25, 0.3) is 5.91 Å². The van der Waals surface area contributed by atoms with E-state index in [-0.39, 0.29) is 24.7 Å². The van der Waals surface area contributed by atoms with Crippen LogP contribution in [-0.4, -0.2) is 28.0 Å². The predicted molar refractivity (Wildman–Crippen MR) is 113 cm³/mol. The third-order valence-electron chi connectivity index (χ3n) is 4.04. The topological polar surface area (TPSA) is 87.6 Å². The number of amides is 3. The molecule has 0 unspecified atom stereocenters. The van der Waals surface area contributed by atoms with Gasteiger partial charge in [-0.05, 0) is 30.7 Å². The summed E-state index contributed by atoms with van der Waals surface area (Å²) in [7, 11) is 0. The fourth-order valence-electron chi connectivity index (χ4n) is 2.62. The van der Waals surface area contributed by atoms with Crippen molar-refractivity contribution in [1.29, 1.82) is 0 Å². The van der Waals surface area contributed by atoms with Gasteiger partial charge in [-0.25, -0.2) is 4.99 Å². The molecule has 1 heterocycles. The van der Waals surface area contributed by atoms with Crippen LogP contribution in [0.3, 0.4) is 0 Å². The van der Waals surface area contributed by atoms with Crippen molar-refractivity contribution in [2.45, 2.75) is 25.0 Å². The molecule has 2 aromatic carbocycles. The SMILES string of the molecule is Cc1ccccc1NC(=O)CC1=NC(=O)[C@H](CC(=O)Nc2ccccc2Cl)S1. The predicted octanol–water partition coefficient (Wildman–Crippen LogP) is 4.05. The minimum Gasteiger partial charge on any atom is -0.325 e. The first-order chi connectivity index (χ1) is 13.4. The van der Waals surface area contributed by atoms with E-state index in [2.05, 4.69) is 15.6 Å². The molecule has 0 saturated carbocycles. The first kappa shape index (κ1) is 20.1. The van der Waals surface area contributed by atoms with E-state index in [9.17, 15) is 14.4 Å². The first-order valence-electron chi connectivity index (χ1n) is 8.60. The molecule has 2 N–H and O–H groups in total. The Kier molecular flexibility index (Phi) is 6.49. The summed E-state index contributed by atoms with van der Waals surface area (Å²) in [5.74, 6) is -0.993. The molecule has 144 valence electrons. The van der Waals surface area contributed by atoms with E-state index in [0.29, 0.717) is 15.8 Å². The van der Waals surface area contributed by atoms with Crippen LogP contribution in [0.1, 0.15) is 18.4 Å². The van der Waals surface area contributed by atoms with Crippen molar-refractivity contribution in [2.24, 2.45) is 4.99 Å². The van der Waals surface area contributed by atoms with Crippen molar-refractivity contribution in [3.8, 4) is 0 Å². The number of aryl methyl sites for hydroxylation is 1. The van der Waals surface area contributed by atoms with Crippen LogP contribution in [0.15, 0.2) is 53.5 Å². The number of anilines is 2. The number of hydrogen-bond donors (Lipinski definition) is 2. The van der Waals surface area contributed by atoms with E-state index in [1.807, 2.05) is 31.2 Å². The maximum atomic E-state index is 12.2. The van der Waals surface area contributed by atoms with Crippen LogP contribution >= 0.6 is 23.4 Å². The van der Waals surface area contributed by atoms with Gasteiger partial charge in [0.1, 0.15) is 5.25 Å². The maximum absolute atomic E-state index is 12.2. The van der Waals surface area contributed by atoms with Crippen LogP contribution in [0.2, 0.25) is 5.02 Å². The molecule has 3 amide bonds. The average molecular weight is 416 g/mol. The zero-order chi connectivity index (χ0) is 20.1. The standard InChI is InChI=1S/C20H18ClN3O3S/c1-12-6-2-4-8-14(12)22-18(26)11-19-24-20(27)16(28-19)10-17(25)23-15-9-5-3-7-13(15)21/h2-9,16H,10-11H2,1H3,(H,22,26)(H,23,25)/t16-/m0/s1. The summed E-state index contributed by atoms with van der Waals surface area (Å²) in [6.07, 6.45) is -0.0471. The summed E-state index contributed by atoms with van der Waals surface area (Å²) in [6.45, 7) is 1.90. The molecule has 0 bridgehead atoms. The third kappa shape index (κ3) is 5.21. The van der Waals surface area contributed by atoms with Crippen LogP contribution in [0.4, 0.5) is 11.4 Å². The van der Waals surface area contributed by atoms with Crippen molar-refractivity contribution in [3.05, 3.63) is 59.1 Å². The minimum atomic E-state index is -0.635. The van der Waals surface area contributed by atoms with E-state index in [4.69, 9.17) is 11.6 Å². The lowest BCUT2D eigenvalue weighted by atomic mass is 10.2. The number of carbonyl (C=O) groups is 3. The normalized spacial score (nSPS) is 15.9. The summed E-state index contributed by atoms with van der Waals surface area (Å²) in [5, 5.41) is 5.69. The molecular formula is C20H18ClN3O3S. The van der Waals surface area contributed by atoms with Crippen molar-refractivity contribution in [2.75, 3.05) is 10.6 Å². The number of halogens is 1. The number of aliphatic imine (C=N–C) groups is 1. The van der Waals surface area contributed by atoms with Gasteiger partial charge in [0.15, 0.2) is 0 Å². The number of carbonyl (C=O) groups excluding carboxylic acids is 3. The summed E-state index contributed by atoms with van der Waals surface area (Å²) in [6, 6.07) is 14.3. The number of thioether (sulfide) groups is 1. The highest BCUT2D eigenvalue weighted by atomic mass is 35.5. The molecule has 28 heavy (non-hydrogen) atoms. The average Bonchev–Trinajstić information content (AvgIpc) is 2.97. The van der Waals surface area contributed by atoms with E-state index in [1.54, 1.807) is 24.3 Å². The van der Waals surface area contributed by atoms with Gasteiger partial charge in [0.05, 0.1) is 22.2 Å². The Labute approximate surface area is 171 Å². The molecule has 0 saturated heterocycles. The Hall–Kier alpha value is -2.64. The highest BCUT2D eigenvalue weighted by Crippen LogP contribution is 2.28. The second-order valence-corrected chi connectivity index (χ2v) is 7.91.